The van der Waals surface area contributed by atoms with E-state index in [0.717, 1.165) is 17.8 Å². The molecule has 144 valence electrons. The molecule has 1 amide bonds. The minimum Gasteiger partial charge on any atom is -0.473 e. The predicted octanol–water partition coefficient (Wildman–Crippen LogP) is 3.87. The van der Waals surface area contributed by atoms with Crippen LogP contribution in [0.3, 0.4) is 0 Å². The quantitative estimate of drug-likeness (QED) is 0.600. The van der Waals surface area contributed by atoms with Crippen molar-refractivity contribution in [2.24, 2.45) is 0 Å². The van der Waals surface area contributed by atoms with E-state index in [1.165, 1.54) is 0 Å². The highest BCUT2D eigenvalue weighted by atomic mass is 16.5. The molecule has 3 aromatic rings. The van der Waals surface area contributed by atoms with Crippen molar-refractivity contribution >= 4 is 11.6 Å². The zero-order valence-corrected chi connectivity index (χ0v) is 16.3. The van der Waals surface area contributed by atoms with Gasteiger partial charge in [-0.2, -0.15) is 0 Å². The summed E-state index contributed by atoms with van der Waals surface area (Å²) in [6, 6.07) is 23.1. The van der Waals surface area contributed by atoms with Crippen molar-refractivity contribution in [3.8, 4) is 5.88 Å². The molecule has 1 heterocycles. The molecule has 0 atom stereocenters. The zero-order chi connectivity index (χ0) is 19.8. The van der Waals surface area contributed by atoms with Gasteiger partial charge in [0.1, 0.15) is 6.61 Å². The third-order valence-electron chi connectivity index (χ3n) is 4.30. The van der Waals surface area contributed by atoms with Crippen molar-refractivity contribution in [2.45, 2.75) is 6.61 Å². The van der Waals surface area contributed by atoms with Gasteiger partial charge in [0.15, 0.2) is 0 Å². The average molecular weight is 375 g/mol. The van der Waals surface area contributed by atoms with Crippen LogP contribution in [0.25, 0.3) is 0 Å². The highest BCUT2D eigenvalue weighted by molar-refractivity contribution is 6.05. The first-order valence-electron chi connectivity index (χ1n) is 9.28. The largest absolute Gasteiger partial charge is 0.473 e. The van der Waals surface area contributed by atoms with E-state index in [4.69, 9.17) is 4.74 Å². The number of anilines is 1. The first kappa shape index (κ1) is 19.6. The van der Waals surface area contributed by atoms with Crippen LogP contribution in [0.5, 0.6) is 5.88 Å². The molecule has 5 heteroatoms. The number of hydrogen-bond acceptors (Lipinski definition) is 4. The molecule has 0 unspecified atom stereocenters. The molecule has 0 aliphatic rings. The fourth-order valence-electron chi connectivity index (χ4n) is 2.74. The van der Waals surface area contributed by atoms with Crippen molar-refractivity contribution in [1.29, 1.82) is 0 Å². The van der Waals surface area contributed by atoms with Crippen molar-refractivity contribution in [2.75, 3.05) is 32.1 Å². The Hall–Kier alpha value is -3.18. The second-order valence-electron chi connectivity index (χ2n) is 6.76. The normalized spacial score (nSPS) is 10.7. The standard InChI is InChI=1S/C23H25N3O2/c1-25(2)15-16-26(21-11-7-4-8-12-21)23(27)20-13-14-22(24-17-20)28-18-19-9-5-3-6-10-19/h3-14,17H,15-16,18H2,1-2H3. The molecule has 0 spiro atoms. The number of ether oxygens (including phenoxy) is 1. The van der Waals surface area contributed by atoms with Gasteiger partial charge in [0.2, 0.25) is 5.88 Å². The molecule has 3 rings (SSSR count). The van der Waals surface area contributed by atoms with Crippen LogP contribution in [0.2, 0.25) is 0 Å². The lowest BCUT2D eigenvalue weighted by Gasteiger charge is -2.24. The number of pyridine rings is 1. The van der Waals surface area contributed by atoms with Gasteiger partial charge in [-0.05, 0) is 37.9 Å². The lowest BCUT2D eigenvalue weighted by Crippen LogP contribution is -2.36. The Morgan fingerprint density at radius 1 is 0.893 bits per heavy atom. The number of likely N-dealkylation sites (N-methyl/N-ethyl adjacent to an activating group) is 1. The molecule has 28 heavy (non-hydrogen) atoms. The summed E-state index contributed by atoms with van der Waals surface area (Å²) in [6.07, 6.45) is 1.58. The highest BCUT2D eigenvalue weighted by Crippen LogP contribution is 2.18. The van der Waals surface area contributed by atoms with Gasteiger partial charge in [-0.15, -0.1) is 0 Å². The molecule has 0 aliphatic heterocycles. The average Bonchev–Trinajstić information content (AvgIpc) is 2.74. The maximum absolute atomic E-state index is 13.1. The summed E-state index contributed by atoms with van der Waals surface area (Å²) < 4.78 is 5.71. The lowest BCUT2D eigenvalue weighted by molar-refractivity contribution is 0.0984. The van der Waals surface area contributed by atoms with E-state index in [1.54, 1.807) is 23.2 Å². The molecule has 0 radical (unpaired) electrons. The lowest BCUT2D eigenvalue weighted by atomic mass is 10.2. The van der Waals surface area contributed by atoms with Crippen molar-refractivity contribution in [3.63, 3.8) is 0 Å². The Labute approximate surface area is 166 Å². The molecule has 5 nitrogen and oxygen atoms in total. The van der Waals surface area contributed by atoms with E-state index in [9.17, 15) is 4.79 Å². The number of nitrogens with zero attached hydrogens (tertiary/aromatic N) is 3. The summed E-state index contributed by atoms with van der Waals surface area (Å²) in [5.41, 5.74) is 2.48. The number of aromatic nitrogens is 1. The maximum Gasteiger partial charge on any atom is 0.259 e. The summed E-state index contributed by atoms with van der Waals surface area (Å²) in [7, 11) is 3.99. The second kappa shape index (κ2) is 9.67. The highest BCUT2D eigenvalue weighted by Gasteiger charge is 2.18. The van der Waals surface area contributed by atoms with Gasteiger partial charge in [-0.3, -0.25) is 4.79 Å². The minimum absolute atomic E-state index is 0.0739. The minimum atomic E-state index is -0.0739. The van der Waals surface area contributed by atoms with Crippen LogP contribution in [0.1, 0.15) is 15.9 Å². The van der Waals surface area contributed by atoms with Crippen molar-refractivity contribution in [3.05, 3.63) is 90.1 Å². The predicted molar refractivity (Wildman–Crippen MR) is 112 cm³/mol. The number of rotatable bonds is 8. The van der Waals surface area contributed by atoms with Crippen LogP contribution < -0.4 is 9.64 Å². The first-order chi connectivity index (χ1) is 13.6. The Kier molecular flexibility index (Phi) is 6.76. The van der Waals surface area contributed by atoms with Crippen LogP contribution in [0, 0.1) is 0 Å². The fourth-order valence-corrected chi connectivity index (χ4v) is 2.74. The smallest absolute Gasteiger partial charge is 0.259 e. The Balaban J connectivity index is 1.70. The van der Waals surface area contributed by atoms with E-state index in [0.29, 0.717) is 24.6 Å². The van der Waals surface area contributed by atoms with Gasteiger partial charge < -0.3 is 14.5 Å². The first-order valence-corrected chi connectivity index (χ1v) is 9.28. The van der Waals surface area contributed by atoms with Crippen LogP contribution >= 0.6 is 0 Å². The SMILES string of the molecule is CN(C)CCN(C(=O)c1ccc(OCc2ccccc2)nc1)c1ccccc1. The van der Waals surface area contributed by atoms with Crippen LogP contribution in [0.15, 0.2) is 79.0 Å². The topological polar surface area (TPSA) is 45.7 Å². The Morgan fingerprint density at radius 3 is 2.18 bits per heavy atom. The van der Waals surface area contributed by atoms with Crippen molar-refractivity contribution < 1.29 is 9.53 Å². The van der Waals surface area contributed by atoms with E-state index in [2.05, 4.69) is 9.88 Å². The molecule has 0 fully saturated rings. The van der Waals surface area contributed by atoms with Gasteiger partial charge >= 0.3 is 0 Å². The Morgan fingerprint density at radius 2 is 1.57 bits per heavy atom. The summed E-state index contributed by atoms with van der Waals surface area (Å²) in [5.74, 6) is 0.426. The van der Waals surface area contributed by atoms with Gasteiger partial charge in [0.05, 0.1) is 5.56 Å². The van der Waals surface area contributed by atoms with Gasteiger partial charge in [0.25, 0.3) is 5.91 Å². The van der Waals surface area contributed by atoms with Crippen LogP contribution in [0.4, 0.5) is 5.69 Å². The zero-order valence-electron chi connectivity index (χ0n) is 16.3. The number of carbonyl (C=O) groups is 1. The molecular weight excluding hydrogens is 350 g/mol. The number of benzene rings is 2. The number of para-hydroxylation sites is 1. The van der Waals surface area contributed by atoms with Gasteiger partial charge in [-0.25, -0.2) is 4.98 Å². The maximum atomic E-state index is 13.1. The van der Waals surface area contributed by atoms with E-state index in [1.807, 2.05) is 74.8 Å². The third kappa shape index (κ3) is 5.41. The summed E-state index contributed by atoms with van der Waals surface area (Å²) >= 11 is 0. The second-order valence-corrected chi connectivity index (χ2v) is 6.76. The van der Waals surface area contributed by atoms with E-state index in [-0.39, 0.29) is 5.91 Å². The molecule has 0 saturated carbocycles. The summed E-state index contributed by atoms with van der Waals surface area (Å²) in [4.78, 5) is 21.2. The molecule has 0 saturated heterocycles. The van der Waals surface area contributed by atoms with Gasteiger partial charge in [0, 0.05) is 31.0 Å². The number of hydrogen-bond donors (Lipinski definition) is 0. The fraction of sp³-hybridized carbons (Fsp3) is 0.217. The molecule has 0 aliphatic carbocycles. The van der Waals surface area contributed by atoms with Crippen molar-refractivity contribution in [1.82, 2.24) is 9.88 Å². The van der Waals surface area contributed by atoms with Crippen LogP contribution in [-0.4, -0.2) is 43.0 Å². The van der Waals surface area contributed by atoms with E-state index < -0.39 is 0 Å². The molecule has 2 aromatic carbocycles. The number of amides is 1. The molecule has 0 bridgehead atoms. The van der Waals surface area contributed by atoms with Crippen LogP contribution in [-0.2, 0) is 6.61 Å². The molecular formula is C23H25N3O2. The van der Waals surface area contributed by atoms with Gasteiger partial charge in [-0.1, -0.05) is 48.5 Å². The summed E-state index contributed by atoms with van der Waals surface area (Å²) in [6.45, 7) is 1.81. The number of carbonyl (C=O) groups excluding carboxylic acids is 1. The monoisotopic (exact) mass is 375 g/mol. The summed E-state index contributed by atoms with van der Waals surface area (Å²) in [5, 5.41) is 0. The Bertz CT molecular complexity index is 865. The molecule has 1 aromatic heterocycles. The van der Waals surface area contributed by atoms with E-state index >= 15 is 0 Å². The molecule has 0 N–H and O–H groups in total. The third-order valence-corrected chi connectivity index (χ3v) is 4.30.